The van der Waals surface area contributed by atoms with Gasteiger partial charge in [0.25, 0.3) is 0 Å². The van der Waals surface area contributed by atoms with Crippen LogP contribution in [0.5, 0.6) is 0 Å². The van der Waals surface area contributed by atoms with Gasteiger partial charge in [-0.05, 0) is 36.2 Å². The van der Waals surface area contributed by atoms with Crippen LogP contribution in [0.1, 0.15) is 43.5 Å². The van der Waals surface area contributed by atoms with Crippen molar-refractivity contribution < 1.29 is 9.53 Å². The van der Waals surface area contributed by atoms with E-state index in [0.29, 0.717) is 17.0 Å². The summed E-state index contributed by atoms with van der Waals surface area (Å²) in [5.41, 5.74) is 6.43. The van der Waals surface area contributed by atoms with Gasteiger partial charge in [0.1, 0.15) is 10.6 Å². The Kier molecular flexibility index (Phi) is 3.47. The molecule has 1 atom stereocenters. The number of hydrogen-bond acceptors (Lipinski definition) is 6. The van der Waals surface area contributed by atoms with E-state index in [-0.39, 0.29) is 5.82 Å². The number of nitrogen functional groups attached to an aromatic ring is 1. The molecular formula is C12H19N3O2S. The number of methoxy groups -OCH3 is 1. The van der Waals surface area contributed by atoms with Gasteiger partial charge in [0.2, 0.25) is 0 Å². The van der Waals surface area contributed by atoms with Crippen molar-refractivity contribution in [2.45, 2.75) is 39.2 Å². The molecule has 0 spiro atoms. The molecule has 1 aromatic heterocycles. The van der Waals surface area contributed by atoms with Gasteiger partial charge in [-0.15, -0.1) is 0 Å². The molecule has 1 aromatic rings. The zero-order valence-electron chi connectivity index (χ0n) is 10.9. The molecule has 1 aliphatic rings. The van der Waals surface area contributed by atoms with E-state index in [1.165, 1.54) is 25.1 Å². The lowest BCUT2D eigenvalue weighted by Crippen LogP contribution is -2.18. The zero-order valence-corrected chi connectivity index (χ0v) is 11.8. The maximum Gasteiger partial charge on any atom is 0.344 e. The lowest BCUT2D eigenvalue weighted by molar-refractivity contribution is 0.0603. The van der Waals surface area contributed by atoms with Crippen LogP contribution in [0.25, 0.3) is 0 Å². The van der Waals surface area contributed by atoms with Crippen LogP contribution < -0.4 is 11.1 Å². The van der Waals surface area contributed by atoms with Gasteiger partial charge in [-0.25, -0.2) is 4.79 Å². The van der Waals surface area contributed by atoms with Gasteiger partial charge in [-0.2, -0.15) is 4.37 Å². The van der Waals surface area contributed by atoms with E-state index in [1.807, 2.05) is 0 Å². The van der Waals surface area contributed by atoms with Crippen LogP contribution in [0.3, 0.4) is 0 Å². The van der Waals surface area contributed by atoms with Crippen molar-refractivity contribution in [3.05, 3.63) is 5.56 Å². The van der Waals surface area contributed by atoms with Gasteiger partial charge >= 0.3 is 5.97 Å². The molecule has 100 valence electrons. The normalized spacial score (nSPS) is 21.8. The molecule has 0 saturated heterocycles. The number of nitrogens with zero attached hydrogens (tertiary/aromatic N) is 1. The summed E-state index contributed by atoms with van der Waals surface area (Å²) in [5, 5.41) is 4.10. The van der Waals surface area contributed by atoms with E-state index >= 15 is 0 Å². The third-order valence-electron chi connectivity index (χ3n) is 3.41. The summed E-state index contributed by atoms with van der Waals surface area (Å²) in [5.74, 6) is -0.187. The number of rotatable bonds is 3. The summed E-state index contributed by atoms with van der Waals surface area (Å²) in [6.07, 6.45) is 3.38. The molecule has 1 aliphatic carbocycles. The van der Waals surface area contributed by atoms with Crippen LogP contribution in [0, 0.1) is 5.41 Å². The Morgan fingerprint density at radius 3 is 2.89 bits per heavy atom. The first-order chi connectivity index (χ1) is 8.43. The number of carbonyl (C=O) groups excluding carboxylic acids is 1. The predicted molar refractivity (Wildman–Crippen MR) is 72.9 cm³/mol. The monoisotopic (exact) mass is 269 g/mol. The molecule has 0 bridgehead atoms. The Labute approximate surface area is 111 Å². The van der Waals surface area contributed by atoms with Crippen LogP contribution in [0.15, 0.2) is 0 Å². The first-order valence-electron chi connectivity index (χ1n) is 6.03. The van der Waals surface area contributed by atoms with E-state index in [9.17, 15) is 4.79 Å². The maximum absolute atomic E-state index is 11.6. The second-order valence-electron chi connectivity index (χ2n) is 5.51. The van der Waals surface area contributed by atoms with Crippen molar-refractivity contribution in [2.24, 2.45) is 5.41 Å². The zero-order chi connectivity index (χ0) is 13.3. The van der Waals surface area contributed by atoms with E-state index in [4.69, 9.17) is 10.5 Å². The van der Waals surface area contributed by atoms with Crippen molar-refractivity contribution in [3.63, 3.8) is 0 Å². The van der Waals surface area contributed by atoms with E-state index in [2.05, 4.69) is 23.5 Å². The summed E-state index contributed by atoms with van der Waals surface area (Å²) < 4.78 is 8.75. The first-order valence-corrected chi connectivity index (χ1v) is 6.80. The fourth-order valence-electron chi connectivity index (χ4n) is 2.44. The Morgan fingerprint density at radius 1 is 1.61 bits per heavy atom. The topological polar surface area (TPSA) is 77.2 Å². The maximum atomic E-state index is 11.6. The molecule has 3 N–H and O–H groups in total. The summed E-state index contributed by atoms with van der Waals surface area (Å²) in [4.78, 5) is 11.6. The smallest absolute Gasteiger partial charge is 0.344 e. The van der Waals surface area contributed by atoms with E-state index in [0.717, 1.165) is 17.8 Å². The van der Waals surface area contributed by atoms with E-state index < -0.39 is 5.97 Å². The molecule has 18 heavy (non-hydrogen) atoms. The number of carbonyl (C=O) groups is 1. The van der Waals surface area contributed by atoms with Crippen LogP contribution in [0.4, 0.5) is 10.8 Å². The van der Waals surface area contributed by atoms with Crippen molar-refractivity contribution >= 4 is 28.3 Å². The molecule has 5 nitrogen and oxygen atoms in total. The molecule has 1 unspecified atom stereocenters. The predicted octanol–water partition coefficient (Wildman–Crippen LogP) is 2.50. The molecule has 2 rings (SSSR count). The quantitative estimate of drug-likeness (QED) is 0.824. The lowest BCUT2D eigenvalue weighted by Gasteiger charge is -2.18. The molecule has 0 radical (unpaired) electrons. The molecular weight excluding hydrogens is 250 g/mol. The minimum atomic E-state index is -0.430. The van der Waals surface area contributed by atoms with Crippen molar-refractivity contribution in [1.29, 1.82) is 0 Å². The second-order valence-corrected chi connectivity index (χ2v) is 6.29. The van der Waals surface area contributed by atoms with Crippen LogP contribution in [0.2, 0.25) is 0 Å². The minimum absolute atomic E-state index is 0.242. The van der Waals surface area contributed by atoms with Gasteiger partial charge in [-0.3, -0.25) is 0 Å². The number of hydrogen-bond donors (Lipinski definition) is 2. The number of ether oxygens (including phenoxy) is 1. The third-order valence-corrected chi connectivity index (χ3v) is 4.20. The molecule has 1 fully saturated rings. The fraction of sp³-hybridized carbons (Fsp3) is 0.667. The molecule has 0 amide bonds. The first kappa shape index (κ1) is 13.1. The van der Waals surface area contributed by atoms with Gasteiger partial charge in [0.15, 0.2) is 5.82 Å². The number of esters is 1. The van der Waals surface area contributed by atoms with Gasteiger partial charge in [0.05, 0.1) is 7.11 Å². The SMILES string of the molecule is COC(=O)c1c(N)nsc1NC1CCC(C)(C)C1. The van der Waals surface area contributed by atoms with Crippen LogP contribution >= 0.6 is 11.5 Å². The van der Waals surface area contributed by atoms with Crippen molar-refractivity contribution in [3.8, 4) is 0 Å². The Morgan fingerprint density at radius 2 is 2.33 bits per heavy atom. The van der Waals surface area contributed by atoms with Gasteiger partial charge < -0.3 is 15.8 Å². The molecule has 1 saturated carbocycles. The fourth-order valence-corrected chi connectivity index (χ4v) is 3.22. The van der Waals surface area contributed by atoms with Crippen LogP contribution in [-0.2, 0) is 4.74 Å². The molecule has 0 aromatic carbocycles. The minimum Gasteiger partial charge on any atom is -0.465 e. The lowest BCUT2D eigenvalue weighted by atomic mass is 9.92. The molecule has 1 heterocycles. The average molecular weight is 269 g/mol. The number of nitrogens with one attached hydrogen (secondary N) is 1. The summed E-state index contributed by atoms with van der Waals surface area (Å²) >= 11 is 1.22. The largest absolute Gasteiger partial charge is 0.465 e. The average Bonchev–Trinajstić information content (AvgIpc) is 2.82. The summed E-state index contributed by atoms with van der Waals surface area (Å²) in [6.45, 7) is 4.52. The Hall–Kier alpha value is -1.30. The number of anilines is 2. The van der Waals surface area contributed by atoms with Gasteiger partial charge in [0, 0.05) is 6.04 Å². The highest BCUT2D eigenvalue weighted by Gasteiger charge is 2.32. The highest BCUT2D eigenvalue weighted by atomic mass is 32.1. The molecule has 0 aliphatic heterocycles. The highest BCUT2D eigenvalue weighted by Crippen LogP contribution is 2.39. The molecule has 6 heteroatoms. The van der Waals surface area contributed by atoms with Crippen molar-refractivity contribution in [2.75, 3.05) is 18.2 Å². The van der Waals surface area contributed by atoms with E-state index in [1.54, 1.807) is 0 Å². The summed E-state index contributed by atoms with van der Waals surface area (Å²) in [7, 11) is 1.35. The number of nitrogens with two attached hydrogens (primary N) is 1. The van der Waals surface area contributed by atoms with Gasteiger partial charge in [-0.1, -0.05) is 13.8 Å². The Bertz CT molecular complexity index is 456. The standard InChI is InChI=1S/C12H19N3O2S/c1-12(2)5-4-7(6-12)14-10-8(11(16)17-3)9(13)15-18-10/h7,14H,4-6H2,1-3H3,(H2,13,15). The summed E-state index contributed by atoms with van der Waals surface area (Å²) in [6, 6.07) is 0.378. The second kappa shape index (κ2) is 4.76. The van der Waals surface area contributed by atoms with Crippen LogP contribution in [-0.4, -0.2) is 23.5 Å². The third kappa shape index (κ3) is 2.58. The Balaban J connectivity index is 2.13. The van der Waals surface area contributed by atoms with Crippen molar-refractivity contribution in [1.82, 2.24) is 4.37 Å². The highest BCUT2D eigenvalue weighted by molar-refractivity contribution is 7.11. The number of aromatic nitrogens is 1.